The average molecular weight is 275 g/mol. The molecule has 110 valence electrons. The summed E-state index contributed by atoms with van der Waals surface area (Å²) in [6.45, 7) is 3.83. The van der Waals surface area contributed by atoms with E-state index in [2.05, 4.69) is 23.5 Å². The number of aryl methyl sites for hydroxylation is 1. The van der Waals surface area contributed by atoms with Crippen LogP contribution < -0.4 is 5.32 Å². The fraction of sp³-hybridized carbons (Fsp3) is 0.588. The number of hydrogen-bond donors (Lipinski definition) is 2. The van der Waals surface area contributed by atoms with E-state index < -0.39 is 0 Å². The van der Waals surface area contributed by atoms with Crippen molar-refractivity contribution in [1.29, 1.82) is 0 Å². The summed E-state index contributed by atoms with van der Waals surface area (Å²) in [5.41, 5.74) is 2.61. The number of amides is 1. The van der Waals surface area contributed by atoms with E-state index in [9.17, 15) is 9.90 Å². The molecule has 0 aromatic heterocycles. The van der Waals surface area contributed by atoms with Gasteiger partial charge in [0.25, 0.3) is 0 Å². The van der Waals surface area contributed by atoms with Gasteiger partial charge in [-0.05, 0) is 43.2 Å². The van der Waals surface area contributed by atoms with Crippen LogP contribution in [0.4, 0.5) is 0 Å². The van der Waals surface area contributed by atoms with E-state index in [4.69, 9.17) is 0 Å². The van der Waals surface area contributed by atoms with Gasteiger partial charge in [-0.3, -0.25) is 4.79 Å². The fourth-order valence-electron chi connectivity index (χ4n) is 2.90. The highest BCUT2D eigenvalue weighted by atomic mass is 16.3. The zero-order valence-corrected chi connectivity index (χ0v) is 12.4. The largest absolute Gasteiger partial charge is 0.393 e. The maximum absolute atomic E-state index is 12.3. The van der Waals surface area contributed by atoms with E-state index in [0.29, 0.717) is 12.8 Å². The molecule has 1 aliphatic rings. The van der Waals surface area contributed by atoms with Crippen LogP contribution in [0.15, 0.2) is 24.3 Å². The number of carbonyl (C=O) groups excluding carboxylic acids is 1. The lowest BCUT2D eigenvalue weighted by Gasteiger charge is -2.27. The van der Waals surface area contributed by atoms with Gasteiger partial charge in [0, 0.05) is 5.92 Å². The molecular formula is C17H25NO2. The molecule has 3 heteroatoms. The highest BCUT2D eigenvalue weighted by Crippen LogP contribution is 2.29. The molecule has 0 spiro atoms. The van der Waals surface area contributed by atoms with Gasteiger partial charge in [-0.2, -0.15) is 0 Å². The third-order valence-electron chi connectivity index (χ3n) is 4.23. The van der Waals surface area contributed by atoms with Crippen LogP contribution in [0.3, 0.4) is 0 Å². The number of carbonyl (C=O) groups is 1. The van der Waals surface area contributed by atoms with E-state index in [1.165, 1.54) is 11.1 Å². The predicted molar refractivity (Wildman–Crippen MR) is 80.3 cm³/mol. The van der Waals surface area contributed by atoms with Gasteiger partial charge in [0.2, 0.25) is 5.91 Å². The summed E-state index contributed by atoms with van der Waals surface area (Å²) in [7, 11) is 0. The SMILES string of the molecule is CC[C@H](O)C[C@H](C)C(=O)N[C@@H]1CCCc2ccccc21. The first-order chi connectivity index (χ1) is 9.61. The average Bonchev–Trinajstić information content (AvgIpc) is 2.47. The Hall–Kier alpha value is -1.35. The monoisotopic (exact) mass is 275 g/mol. The molecule has 20 heavy (non-hydrogen) atoms. The van der Waals surface area contributed by atoms with Crippen molar-refractivity contribution in [3.8, 4) is 0 Å². The number of aliphatic hydroxyl groups excluding tert-OH is 1. The van der Waals surface area contributed by atoms with Crippen molar-refractivity contribution < 1.29 is 9.90 Å². The van der Waals surface area contributed by atoms with Crippen molar-refractivity contribution in [2.45, 2.75) is 58.1 Å². The second-order valence-electron chi connectivity index (χ2n) is 5.85. The van der Waals surface area contributed by atoms with Gasteiger partial charge < -0.3 is 10.4 Å². The van der Waals surface area contributed by atoms with Crippen LogP contribution in [0.25, 0.3) is 0 Å². The maximum Gasteiger partial charge on any atom is 0.223 e. The summed E-state index contributed by atoms with van der Waals surface area (Å²) in [5.74, 6) is -0.0850. The van der Waals surface area contributed by atoms with Gasteiger partial charge in [0.1, 0.15) is 0 Å². The molecule has 2 rings (SSSR count). The molecule has 1 aliphatic carbocycles. The molecule has 0 heterocycles. The van der Waals surface area contributed by atoms with Crippen molar-refractivity contribution in [2.24, 2.45) is 5.92 Å². The van der Waals surface area contributed by atoms with Gasteiger partial charge >= 0.3 is 0 Å². The number of benzene rings is 1. The topological polar surface area (TPSA) is 49.3 Å². The highest BCUT2D eigenvalue weighted by molar-refractivity contribution is 5.78. The maximum atomic E-state index is 12.3. The summed E-state index contributed by atoms with van der Waals surface area (Å²) in [4.78, 5) is 12.3. The number of nitrogens with one attached hydrogen (secondary N) is 1. The Balaban J connectivity index is 1.99. The van der Waals surface area contributed by atoms with Crippen LogP contribution in [0, 0.1) is 5.92 Å². The molecule has 0 aliphatic heterocycles. The summed E-state index contributed by atoms with van der Waals surface area (Å²) in [6.07, 6.45) is 4.09. The van der Waals surface area contributed by atoms with Gasteiger partial charge in [-0.25, -0.2) is 0 Å². The van der Waals surface area contributed by atoms with Crippen LogP contribution >= 0.6 is 0 Å². The van der Waals surface area contributed by atoms with Gasteiger partial charge in [0.05, 0.1) is 12.1 Å². The number of hydrogen-bond acceptors (Lipinski definition) is 2. The summed E-state index contributed by atoms with van der Waals surface area (Å²) >= 11 is 0. The van der Waals surface area contributed by atoms with Crippen molar-refractivity contribution in [1.82, 2.24) is 5.32 Å². The van der Waals surface area contributed by atoms with Gasteiger partial charge in [-0.1, -0.05) is 38.1 Å². The van der Waals surface area contributed by atoms with Gasteiger partial charge in [0.15, 0.2) is 0 Å². The van der Waals surface area contributed by atoms with E-state index in [1.807, 2.05) is 19.9 Å². The molecule has 0 radical (unpaired) electrons. The quantitative estimate of drug-likeness (QED) is 0.868. The molecule has 1 amide bonds. The third-order valence-corrected chi connectivity index (χ3v) is 4.23. The Morgan fingerprint density at radius 3 is 2.95 bits per heavy atom. The lowest BCUT2D eigenvalue weighted by molar-refractivity contribution is -0.126. The van der Waals surface area contributed by atoms with Crippen LogP contribution in [0.5, 0.6) is 0 Å². The zero-order chi connectivity index (χ0) is 14.5. The standard InChI is InChI=1S/C17H25NO2/c1-3-14(19)11-12(2)17(20)18-16-10-6-8-13-7-4-5-9-15(13)16/h4-5,7,9,12,14,16,19H,3,6,8,10-11H2,1-2H3,(H,18,20)/t12-,14-,16+/m0/s1. The molecule has 2 N–H and O–H groups in total. The summed E-state index contributed by atoms with van der Waals surface area (Å²) in [5, 5.41) is 12.8. The van der Waals surface area contributed by atoms with Crippen LogP contribution in [0.1, 0.15) is 56.7 Å². The van der Waals surface area contributed by atoms with Crippen LogP contribution in [-0.4, -0.2) is 17.1 Å². The Morgan fingerprint density at radius 2 is 2.20 bits per heavy atom. The minimum Gasteiger partial charge on any atom is -0.393 e. The third kappa shape index (κ3) is 3.60. The van der Waals surface area contributed by atoms with Crippen LogP contribution in [0.2, 0.25) is 0 Å². The molecule has 1 aromatic carbocycles. The molecule has 3 atom stereocenters. The zero-order valence-electron chi connectivity index (χ0n) is 12.4. The first-order valence-corrected chi connectivity index (χ1v) is 7.68. The van der Waals surface area contributed by atoms with Crippen molar-refractivity contribution in [3.05, 3.63) is 35.4 Å². The first kappa shape index (κ1) is 15.0. The molecule has 0 fully saturated rings. The Labute approximate surface area is 121 Å². The first-order valence-electron chi connectivity index (χ1n) is 7.68. The Kier molecular flexibility index (Phi) is 5.18. The van der Waals surface area contributed by atoms with Crippen molar-refractivity contribution in [3.63, 3.8) is 0 Å². The molecule has 0 saturated carbocycles. The van der Waals surface area contributed by atoms with E-state index in [-0.39, 0.29) is 24.0 Å². The lowest BCUT2D eigenvalue weighted by atomic mass is 9.87. The van der Waals surface area contributed by atoms with Crippen LogP contribution in [-0.2, 0) is 11.2 Å². The van der Waals surface area contributed by atoms with E-state index >= 15 is 0 Å². The molecular weight excluding hydrogens is 250 g/mol. The smallest absolute Gasteiger partial charge is 0.223 e. The van der Waals surface area contributed by atoms with E-state index in [1.54, 1.807) is 0 Å². The normalized spacial score (nSPS) is 20.9. The molecule has 3 nitrogen and oxygen atoms in total. The Morgan fingerprint density at radius 1 is 1.45 bits per heavy atom. The van der Waals surface area contributed by atoms with Crippen molar-refractivity contribution in [2.75, 3.05) is 0 Å². The fourth-order valence-corrected chi connectivity index (χ4v) is 2.90. The Bertz CT molecular complexity index is 458. The number of rotatable bonds is 5. The van der Waals surface area contributed by atoms with E-state index in [0.717, 1.165) is 19.3 Å². The number of fused-ring (bicyclic) bond motifs is 1. The summed E-state index contributed by atoms with van der Waals surface area (Å²) in [6, 6.07) is 8.49. The predicted octanol–water partition coefficient (Wildman–Crippen LogP) is 2.98. The number of aliphatic hydroxyl groups is 1. The molecule has 0 unspecified atom stereocenters. The second kappa shape index (κ2) is 6.89. The van der Waals surface area contributed by atoms with Crippen molar-refractivity contribution >= 4 is 5.91 Å². The second-order valence-corrected chi connectivity index (χ2v) is 5.85. The minimum atomic E-state index is -0.380. The highest BCUT2D eigenvalue weighted by Gasteiger charge is 2.24. The minimum absolute atomic E-state index is 0.0548. The molecule has 1 aromatic rings. The van der Waals surface area contributed by atoms with Gasteiger partial charge in [-0.15, -0.1) is 0 Å². The summed E-state index contributed by atoms with van der Waals surface area (Å²) < 4.78 is 0. The lowest BCUT2D eigenvalue weighted by Crippen LogP contribution is -2.35. The molecule has 0 saturated heterocycles. The molecule has 0 bridgehead atoms.